The van der Waals surface area contributed by atoms with Crippen molar-refractivity contribution >= 4 is 0 Å². The first-order chi connectivity index (χ1) is 8.69. The zero-order chi connectivity index (χ0) is 13.4. The molecule has 1 heterocycles. The standard InChI is InChI=1S/C15H32N2O/c1-5-7-13(3)17(4)11-15(16-9-6-2)14-8-10-18-12-14/h13-16H,5-12H2,1-4H3. The van der Waals surface area contributed by atoms with Gasteiger partial charge in [0.25, 0.3) is 0 Å². The molecular formula is C15H32N2O. The monoisotopic (exact) mass is 256 g/mol. The molecule has 1 saturated heterocycles. The third kappa shape index (κ3) is 5.25. The van der Waals surface area contributed by atoms with E-state index >= 15 is 0 Å². The van der Waals surface area contributed by atoms with E-state index in [0.717, 1.165) is 26.3 Å². The van der Waals surface area contributed by atoms with Crippen LogP contribution in [0.1, 0.15) is 46.5 Å². The van der Waals surface area contributed by atoms with Crippen molar-refractivity contribution in [2.45, 2.75) is 58.5 Å². The molecular weight excluding hydrogens is 224 g/mol. The fourth-order valence-electron chi connectivity index (χ4n) is 2.71. The van der Waals surface area contributed by atoms with Crippen molar-refractivity contribution in [1.29, 1.82) is 0 Å². The second-order valence-electron chi connectivity index (χ2n) is 5.76. The van der Waals surface area contributed by atoms with Gasteiger partial charge >= 0.3 is 0 Å². The summed E-state index contributed by atoms with van der Waals surface area (Å²) in [4.78, 5) is 2.51. The maximum atomic E-state index is 5.55. The zero-order valence-electron chi connectivity index (χ0n) is 12.7. The van der Waals surface area contributed by atoms with E-state index < -0.39 is 0 Å². The number of nitrogens with zero attached hydrogens (tertiary/aromatic N) is 1. The van der Waals surface area contributed by atoms with Gasteiger partial charge in [-0.25, -0.2) is 0 Å². The third-order valence-corrected chi connectivity index (χ3v) is 4.13. The molecule has 1 aliphatic rings. The molecule has 3 unspecified atom stereocenters. The average Bonchev–Trinajstić information content (AvgIpc) is 2.88. The summed E-state index contributed by atoms with van der Waals surface area (Å²) >= 11 is 0. The molecule has 0 radical (unpaired) electrons. The van der Waals surface area contributed by atoms with Crippen LogP contribution in [0.25, 0.3) is 0 Å². The molecule has 108 valence electrons. The maximum absolute atomic E-state index is 5.55. The molecule has 1 aliphatic heterocycles. The largest absolute Gasteiger partial charge is 0.381 e. The van der Waals surface area contributed by atoms with Gasteiger partial charge in [0.15, 0.2) is 0 Å². The Balaban J connectivity index is 2.43. The summed E-state index contributed by atoms with van der Waals surface area (Å²) in [5, 5.41) is 3.72. The highest BCUT2D eigenvalue weighted by Gasteiger charge is 2.26. The SMILES string of the molecule is CCCNC(CN(C)C(C)CCC)C1CCOC1. The summed E-state index contributed by atoms with van der Waals surface area (Å²) in [7, 11) is 2.26. The summed E-state index contributed by atoms with van der Waals surface area (Å²) in [6.07, 6.45) is 4.99. The molecule has 0 bridgehead atoms. The molecule has 0 saturated carbocycles. The minimum Gasteiger partial charge on any atom is -0.381 e. The molecule has 3 atom stereocenters. The van der Waals surface area contributed by atoms with Crippen LogP contribution in [0.15, 0.2) is 0 Å². The molecule has 0 aliphatic carbocycles. The van der Waals surface area contributed by atoms with Gasteiger partial charge in [-0.3, -0.25) is 0 Å². The highest BCUT2D eigenvalue weighted by Crippen LogP contribution is 2.18. The lowest BCUT2D eigenvalue weighted by atomic mass is 9.97. The Morgan fingerprint density at radius 3 is 2.67 bits per heavy atom. The Labute approximate surface area is 113 Å². The smallest absolute Gasteiger partial charge is 0.0510 e. The molecule has 18 heavy (non-hydrogen) atoms. The van der Waals surface area contributed by atoms with Crippen molar-refractivity contribution < 1.29 is 4.74 Å². The van der Waals surface area contributed by atoms with Crippen LogP contribution in [-0.4, -0.2) is 50.3 Å². The van der Waals surface area contributed by atoms with Crippen molar-refractivity contribution in [3.8, 4) is 0 Å². The summed E-state index contributed by atoms with van der Waals surface area (Å²) in [6.45, 7) is 11.0. The van der Waals surface area contributed by atoms with Crippen LogP contribution in [0, 0.1) is 5.92 Å². The number of hydrogen-bond donors (Lipinski definition) is 1. The first-order valence-electron chi connectivity index (χ1n) is 7.70. The Bertz CT molecular complexity index is 205. The van der Waals surface area contributed by atoms with Gasteiger partial charge in [-0.2, -0.15) is 0 Å². The predicted octanol–water partition coefficient (Wildman–Crippen LogP) is 2.51. The van der Waals surface area contributed by atoms with Gasteiger partial charge in [-0.05, 0) is 39.8 Å². The van der Waals surface area contributed by atoms with Crippen LogP contribution in [0.5, 0.6) is 0 Å². The Kier molecular flexibility index (Phi) is 7.87. The normalized spacial score (nSPS) is 23.5. The van der Waals surface area contributed by atoms with E-state index in [1.54, 1.807) is 0 Å². The lowest BCUT2D eigenvalue weighted by Crippen LogP contribution is -2.47. The molecule has 1 N–H and O–H groups in total. The van der Waals surface area contributed by atoms with Crippen LogP contribution < -0.4 is 5.32 Å². The maximum Gasteiger partial charge on any atom is 0.0510 e. The van der Waals surface area contributed by atoms with Crippen molar-refractivity contribution in [2.24, 2.45) is 5.92 Å². The highest BCUT2D eigenvalue weighted by molar-refractivity contribution is 4.82. The minimum absolute atomic E-state index is 0.594. The van der Waals surface area contributed by atoms with Gasteiger partial charge in [0.05, 0.1) is 6.61 Å². The van der Waals surface area contributed by atoms with Crippen LogP contribution in [0.3, 0.4) is 0 Å². The average molecular weight is 256 g/mol. The second kappa shape index (κ2) is 8.89. The zero-order valence-corrected chi connectivity index (χ0v) is 12.7. The number of nitrogens with one attached hydrogen (secondary N) is 1. The van der Waals surface area contributed by atoms with Gasteiger partial charge < -0.3 is 15.0 Å². The molecule has 1 fully saturated rings. The first-order valence-corrected chi connectivity index (χ1v) is 7.70. The van der Waals surface area contributed by atoms with Gasteiger partial charge in [0.2, 0.25) is 0 Å². The quantitative estimate of drug-likeness (QED) is 0.686. The van der Waals surface area contributed by atoms with E-state index in [0.29, 0.717) is 18.0 Å². The molecule has 0 spiro atoms. The van der Waals surface area contributed by atoms with Gasteiger partial charge in [0, 0.05) is 31.2 Å². The van der Waals surface area contributed by atoms with Crippen LogP contribution in [0.2, 0.25) is 0 Å². The first kappa shape index (κ1) is 15.9. The Morgan fingerprint density at radius 2 is 2.11 bits per heavy atom. The Morgan fingerprint density at radius 1 is 1.33 bits per heavy atom. The van der Waals surface area contributed by atoms with Gasteiger partial charge in [0.1, 0.15) is 0 Å². The van der Waals surface area contributed by atoms with Gasteiger partial charge in [-0.15, -0.1) is 0 Å². The highest BCUT2D eigenvalue weighted by atomic mass is 16.5. The van der Waals surface area contributed by atoms with Crippen molar-refractivity contribution in [3.05, 3.63) is 0 Å². The van der Waals surface area contributed by atoms with E-state index in [-0.39, 0.29) is 0 Å². The fourth-order valence-corrected chi connectivity index (χ4v) is 2.71. The molecule has 0 aromatic rings. The third-order valence-electron chi connectivity index (χ3n) is 4.13. The Hall–Kier alpha value is -0.120. The molecule has 0 aromatic carbocycles. The lowest BCUT2D eigenvalue weighted by molar-refractivity contribution is 0.155. The number of ether oxygens (including phenoxy) is 1. The summed E-state index contributed by atoms with van der Waals surface area (Å²) in [5.41, 5.74) is 0. The number of hydrogen-bond acceptors (Lipinski definition) is 3. The topological polar surface area (TPSA) is 24.5 Å². The fraction of sp³-hybridized carbons (Fsp3) is 1.00. The van der Waals surface area contributed by atoms with Crippen molar-refractivity contribution in [3.63, 3.8) is 0 Å². The minimum atomic E-state index is 0.594. The van der Waals surface area contributed by atoms with Crippen LogP contribution in [-0.2, 0) is 4.74 Å². The molecule has 0 amide bonds. The van der Waals surface area contributed by atoms with Crippen LogP contribution >= 0.6 is 0 Å². The van der Waals surface area contributed by atoms with Crippen molar-refractivity contribution in [1.82, 2.24) is 10.2 Å². The van der Waals surface area contributed by atoms with E-state index in [1.165, 1.54) is 25.7 Å². The van der Waals surface area contributed by atoms with Crippen molar-refractivity contribution in [2.75, 3.05) is 33.4 Å². The van der Waals surface area contributed by atoms with E-state index in [2.05, 4.69) is 38.0 Å². The number of rotatable bonds is 9. The molecule has 3 nitrogen and oxygen atoms in total. The molecule has 1 rings (SSSR count). The summed E-state index contributed by atoms with van der Waals surface area (Å²) in [5.74, 6) is 0.702. The second-order valence-corrected chi connectivity index (χ2v) is 5.76. The van der Waals surface area contributed by atoms with E-state index in [1.807, 2.05) is 0 Å². The van der Waals surface area contributed by atoms with E-state index in [4.69, 9.17) is 4.74 Å². The van der Waals surface area contributed by atoms with Crippen LogP contribution in [0.4, 0.5) is 0 Å². The number of likely N-dealkylation sites (N-methyl/N-ethyl adjacent to an activating group) is 1. The van der Waals surface area contributed by atoms with Gasteiger partial charge in [-0.1, -0.05) is 20.3 Å². The predicted molar refractivity (Wildman–Crippen MR) is 78.0 cm³/mol. The van der Waals surface area contributed by atoms with E-state index in [9.17, 15) is 0 Å². The molecule has 3 heteroatoms. The summed E-state index contributed by atoms with van der Waals surface area (Å²) in [6, 6.07) is 1.28. The molecule has 0 aromatic heterocycles. The lowest BCUT2D eigenvalue weighted by Gasteiger charge is -2.32. The summed E-state index contributed by atoms with van der Waals surface area (Å²) < 4.78 is 5.55.